The van der Waals surface area contributed by atoms with E-state index in [9.17, 15) is 27.9 Å². The van der Waals surface area contributed by atoms with Crippen LogP contribution in [-0.2, 0) is 19.4 Å². The first-order valence-corrected chi connectivity index (χ1v) is 14.1. The summed E-state index contributed by atoms with van der Waals surface area (Å²) < 4.78 is 27.6. The number of aliphatic carboxylic acids is 2. The molecule has 15 heteroatoms. The molecule has 1 fully saturated rings. The molecule has 0 spiro atoms. The fourth-order valence-electron chi connectivity index (χ4n) is 3.86. The lowest BCUT2D eigenvalue weighted by atomic mass is 9.95. The SMILES string of the molecule is Cc1noc(-c2ccccc2N(CC2CCN(CCNCS(C)(=O)=O)CC2)C(=O)O)n1.O=C(O)/C=C\C(=O)O. The number of aromatic nitrogens is 2. The number of anilines is 1. The van der Waals surface area contributed by atoms with Crippen LogP contribution in [0.5, 0.6) is 0 Å². The molecule has 0 radical (unpaired) electrons. The molecular weight excluding hydrogens is 534 g/mol. The molecule has 0 saturated carbocycles. The lowest BCUT2D eigenvalue weighted by molar-refractivity contribution is -0.134. The highest BCUT2D eigenvalue weighted by molar-refractivity contribution is 7.90. The summed E-state index contributed by atoms with van der Waals surface area (Å²) in [4.78, 5) is 39.1. The number of sulfone groups is 1. The molecule has 1 aliphatic heterocycles. The molecule has 3 rings (SSSR count). The van der Waals surface area contributed by atoms with E-state index < -0.39 is 27.9 Å². The van der Waals surface area contributed by atoms with Gasteiger partial charge in [0.1, 0.15) is 0 Å². The number of carboxylic acid groups (broad SMARTS) is 3. The van der Waals surface area contributed by atoms with Crippen molar-refractivity contribution >= 4 is 33.6 Å². The third-order valence-corrected chi connectivity index (χ3v) is 6.40. The van der Waals surface area contributed by atoms with Gasteiger partial charge in [0, 0.05) is 38.0 Å². The fourth-order valence-corrected chi connectivity index (χ4v) is 4.38. The Morgan fingerprint density at radius 1 is 1.13 bits per heavy atom. The zero-order valence-electron chi connectivity index (χ0n) is 21.7. The van der Waals surface area contributed by atoms with Crippen molar-refractivity contribution in [2.24, 2.45) is 5.92 Å². The molecule has 14 nitrogen and oxygen atoms in total. The summed E-state index contributed by atoms with van der Waals surface area (Å²) in [7, 11) is -3.01. The molecule has 0 atom stereocenters. The summed E-state index contributed by atoms with van der Waals surface area (Å²) in [6, 6.07) is 7.15. The van der Waals surface area contributed by atoms with Crippen molar-refractivity contribution < 1.29 is 42.6 Å². The molecule has 1 aromatic heterocycles. The smallest absolute Gasteiger partial charge is 0.411 e. The van der Waals surface area contributed by atoms with E-state index in [-0.39, 0.29) is 11.8 Å². The molecule has 214 valence electrons. The Bertz CT molecular complexity index is 1240. The van der Waals surface area contributed by atoms with E-state index in [1.165, 1.54) is 11.2 Å². The van der Waals surface area contributed by atoms with Crippen LogP contribution in [0.15, 0.2) is 40.9 Å². The summed E-state index contributed by atoms with van der Waals surface area (Å²) in [6.07, 6.45) is 3.05. The van der Waals surface area contributed by atoms with E-state index in [0.29, 0.717) is 48.2 Å². The van der Waals surface area contributed by atoms with Gasteiger partial charge in [0.2, 0.25) is 0 Å². The van der Waals surface area contributed by atoms with Crippen LogP contribution in [0.2, 0.25) is 0 Å². The quantitative estimate of drug-likeness (QED) is 0.225. The molecular formula is C24H33N5O9S. The van der Waals surface area contributed by atoms with E-state index in [1.54, 1.807) is 25.1 Å². The Hall–Kier alpha value is -3.82. The third-order valence-electron chi connectivity index (χ3n) is 5.67. The number of hydrogen-bond donors (Lipinski definition) is 4. The second-order valence-electron chi connectivity index (χ2n) is 8.92. The van der Waals surface area contributed by atoms with Crippen LogP contribution < -0.4 is 10.2 Å². The van der Waals surface area contributed by atoms with Crippen LogP contribution in [0.3, 0.4) is 0 Å². The van der Waals surface area contributed by atoms with Crippen LogP contribution in [-0.4, -0.2) is 102 Å². The molecule has 4 N–H and O–H groups in total. The summed E-state index contributed by atoms with van der Waals surface area (Å²) in [5.41, 5.74) is 1.13. The van der Waals surface area contributed by atoms with Gasteiger partial charge < -0.3 is 30.1 Å². The van der Waals surface area contributed by atoms with Gasteiger partial charge in [0.15, 0.2) is 15.7 Å². The summed E-state index contributed by atoms with van der Waals surface area (Å²) in [5.74, 6) is -1.51. The summed E-state index contributed by atoms with van der Waals surface area (Å²) in [6.45, 7) is 5.18. The van der Waals surface area contributed by atoms with Crippen LogP contribution in [0.25, 0.3) is 11.5 Å². The minimum Gasteiger partial charge on any atom is -0.478 e. The standard InChI is InChI=1S/C20H29N5O5S.C4H4O4/c1-15-22-19(30-23-15)17-5-3-4-6-18(17)25(20(26)27)13-16-7-10-24(11-8-16)12-9-21-14-31(2,28)29;5-3(6)1-2-4(7)8/h3-6,16,21H,7-14H2,1-2H3,(H,26,27);1-2H,(H,5,6)(H,7,8)/b;2-1-. The molecule has 2 heterocycles. The Balaban J connectivity index is 0.000000580. The van der Waals surface area contributed by atoms with E-state index in [1.807, 2.05) is 6.07 Å². The largest absolute Gasteiger partial charge is 0.478 e. The van der Waals surface area contributed by atoms with Gasteiger partial charge in [-0.2, -0.15) is 4.98 Å². The second-order valence-corrected chi connectivity index (χ2v) is 11.1. The number of rotatable bonds is 11. The van der Waals surface area contributed by atoms with Gasteiger partial charge in [-0.1, -0.05) is 17.3 Å². The zero-order valence-corrected chi connectivity index (χ0v) is 22.5. The average molecular weight is 568 g/mol. The number of carboxylic acids is 2. The Morgan fingerprint density at radius 3 is 2.26 bits per heavy atom. The van der Waals surface area contributed by atoms with Crippen molar-refractivity contribution in [2.75, 3.05) is 49.8 Å². The monoisotopic (exact) mass is 567 g/mol. The van der Waals surface area contributed by atoms with E-state index in [0.717, 1.165) is 32.5 Å². The first-order chi connectivity index (χ1) is 18.4. The predicted molar refractivity (Wildman–Crippen MR) is 141 cm³/mol. The van der Waals surface area contributed by atoms with Gasteiger partial charge in [0.05, 0.1) is 17.1 Å². The zero-order chi connectivity index (χ0) is 29.0. The van der Waals surface area contributed by atoms with Crippen molar-refractivity contribution in [2.45, 2.75) is 19.8 Å². The number of aryl methyl sites for hydroxylation is 1. The maximum Gasteiger partial charge on any atom is 0.411 e. The molecule has 2 aromatic rings. The van der Waals surface area contributed by atoms with Crippen LogP contribution in [0, 0.1) is 12.8 Å². The molecule has 0 aliphatic carbocycles. The molecule has 0 bridgehead atoms. The van der Waals surface area contributed by atoms with Gasteiger partial charge in [-0.15, -0.1) is 0 Å². The average Bonchev–Trinajstić information content (AvgIpc) is 3.30. The lowest BCUT2D eigenvalue weighted by Crippen LogP contribution is -2.42. The fraction of sp³-hybridized carbons (Fsp3) is 0.458. The highest BCUT2D eigenvalue weighted by Gasteiger charge is 2.27. The van der Waals surface area contributed by atoms with Gasteiger partial charge in [-0.05, 0) is 50.9 Å². The van der Waals surface area contributed by atoms with Gasteiger partial charge >= 0.3 is 18.0 Å². The Morgan fingerprint density at radius 2 is 1.74 bits per heavy atom. The first kappa shape index (κ1) is 31.4. The van der Waals surface area contributed by atoms with Gasteiger partial charge in [0.25, 0.3) is 5.89 Å². The van der Waals surface area contributed by atoms with Crippen molar-refractivity contribution in [3.63, 3.8) is 0 Å². The number of piperidine rings is 1. The number of benzene rings is 1. The van der Waals surface area contributed by atoms with Gasteiger partial charge in [-0.25, -0.2) is 22.8 Å². The molecule has 1 saturated heterocycles. The number of nitrogens with zero attached hydrogens (tertiary/aromatic N) is 4. The maximum absolute atomic E-state index is 12.1. The third kappa shape index (κ3) is 11.6. The van der Waals surface area contributed by atoms with Crippen molar-refractivity contribution in [1.82, 2.24) is 20.4 Å². The highest BCUT2D eigenvalue weighted by atomic mass is 32.2. The topological polar surface area (TPSA) is 203 Å². The normalized spacial score (nSPS) is 14.5. The van der Waals surface area contributed by atoms with Crippen molar-refractivity contribution in [3.8, 4) is 11.5 Å². The Labute approximate surface area is 225 Å². The van der Waals surface area contributed by atoms with Crippen molar-refractivity contribution in [1.29, 1.82) is 0 Å². The van der Waals surface area contributed by atoms with Crippen molar-refractivity contribution in [3.05, 3.63) is 42.2 Å². The van der Waals surface area contributed by atoms with Gasteiger partial charge in [-0.3, -0.25) is 4.90 Å². The molecule has 1 amide bonds. The minimum atomic E-state index is -3.01. The number of nitrogens with one attached hydrogen (secondary N) is 1. The number of likely N-dealkylation sites (tertiary alicyclic amines) is 1. The molecule has 1 aliphatic rings. The number of carbonyl (C=O) groups is 3. The van der Waals surface area contributed by atoms with Crippen LogP contribution >= 0.6 is 0 Å². The first-order valence-electron chi connectivity index (χ1n) is 12.0. The molecule has 0 unspecified atom stereocenters. The van der Waals surface area contributed by atoms with E-state index in [4.69, 9.17) is 14.7 Å². The highest BCUT2D eigenvalue weighted by Crippen LogP contribution is 2.31. The minimum absolute atomic E-state index is 0.0178. The number of hydrogen-bond acceptors (Lipinski definition) is 10. The lowest BCUT2D eigenvalue weighted by Gasteiger charge is -2.34. The summed E-state index contributed by atoms with van der Waals surface area (Å²) >= 11 is 0. The number of para-hydroxylation sites is 1. The van der Waals surface area contributed by atoms with Crippen LogP contribution in [0.1, 0.15) is 18.7 Å². The molecule has 1 aromatic carbocycles. The summed E-state index contributed by atoms with van der Waals surface area (Å²) in [5, 5.41) is 32.3. The van der Waals surface area contributed by atoms with E-state index >= 15 is 0 Å². The predicted octanol–water partition coefficient (Wildman–Crippen LogP) is 1.54. The second kappa shape index (κ2) is 14.9. The number of amides is 1. The maximum atomic E-state index is 12.1. The Kier molecular flexibility index (Phi) is 12.0. The van der Waals surface area contributed by atoms with Crippen LogP contribution in [0.4, 0.5) is 10.5 Å². The molecule has 39 heavy (non-hydrogen) atoms. The van der Waals surface area contributed by atoms with E-state index in [2.05, 4.69) is 20.4 Å².